The van der Waals surface area contributed by atoms with Gasteiger partial charge < -0.3 is 5.32 Å². The van der Waals surface area contributed by atoms with Crippen molar-refractivity contribution in [2.45, 2.75) is 65.3 Å². The number of rotatable bonds is 9. The Bertz CT molecular complexity index is 129. The molecular formula is C13H27N. The van der Waals surface area contributed by atoms with Gasteiger partial charge in [0, 0.05) is 6.04 Å². The molecule has 0 amide bonds. The molecule has 84 valence electrons. The lowest BCUT2D eigenvalue weighted by atomic mass is 10.1. The number of unbranched alkanes of at least 4 members (excludes halogenated alkanes) is 3. The molecule has 0 saturated carbocycles. The molecule has 0 radical (unpaired) electrons. The van der Waals surface area contributed by atoms with Crippen LogP contribution in [0.3, 0.4) is 0 Å². The molecule has 0 heterocycles. The van der Waals surface area contributed by atoms with Crippen molar-refractivity contribution >= 4 is 0 Å². The van der Waals surface area contributed by atoms with Crippen molar-refractivity contribution in [3.05, 3.63) is 12.2 Å². The van der Waals surface area contributed by atoms with Crippen LogP contribution in [0.1, 0.15) is 59.3 Å². The number of nitrogens with one attached hydrogen (secondary N) is 1. The van der Waals surface area contributed by atoms with Crippen molar-refractivity contribution in [3.8, 4) is 0 Å². The van der Waals surface area contributed by atoms with Gasteiger partial charge in [-0.1, -0.05) is 44.8 Å². The van der Waals surface area contributed by atoms with Gasteiger partial charge in [0.15, 0.2) is 0 Å². The van der Waals surface area contributed by atoms with Crippen LogP contribution in [0.25, 0.3) is 0 Å². The van der Waals surface area contributed by atoms with E-state index in [1.807, 2.05) is 0 Å². The fourth-order valence-corrected chi connectivity index (χ4v) is 1.56. The van der Waals surface area contributed by atoms with Crippen LogP contribution >= 0.6 is 0 Å². The van der Waals surface area contributed by atoms with Crippen LogP contribution in [0.5, 0.6) is 0 Å². The van der Waals surface area contributed by atoms with E-state index >= 15 is 0 Å². The van der Waals surface area contributed by atoms with Gasteiger partial charge in [0.05, 0.1) is 0 Å². The summed E-state index contributed by atoms with van der Waals surface area (Å²) in [5.41, 5.74) is 0. The minimum atomic E-state index is 0.692. The quantitative estimate of drug-likeness (QED) is 0.436. The van der Waals surface area contributed by atoms with Crippen LogP contribution in [0, 0.1) is 0 Å². The van der Waals surface area contributed by atoms with Gasteiger partial charge >= 0.3 is 0 Å². The summed E-state index contributed by atoms with van der Waals surface area (Å²) in [7, 11) is 0. The monoisotopic (exact) mass is 197 g/mol. The molecule has 0 spiro atoms. The van der Waals surface area contributed by atoms with Gasteiger partial charge in [-0.3, -0.25) is 0 Å². The topological polar surface area (TPSA) is 12.0 Å². The van der Waals surface area contributed by atoms with Gasteiger partial charge in [0.1, 0.15) is 0 Å². The van der Waals surface area contributed by atoms with Crippen molar-refractivity contribution in [2.24, 2.45) is 0 Å². The first-order valence-electron chi connectivity index (χ1n) is 6.15. The predicted octanol–water partition coefficient (Wildman–Crippen LogP) is 3.90. The van der Waals surface area contributed by atoms with E-state index in [1.54, 1.807) is 0 Å². The summed E-state index contributed by atoms with van der Waals surface area (Å²) in [5.74, 6) is 0. The summed E-state index contributed by atoms with van der Waals surface area (Å²) in [6.45, 7) is 7.76. The molecule has 0 bridgehead atoms. The first-order valence-corrected chi connectivity index (χ1v) is 6.15. The molecule has 0 aromatic heterocycles. The highest BCUT2D eigenvalue weighted by atomic mass is 14.9. The second-order valence-corrected chi connectivity index (χ2v) is 4.06. The Balaban J connectivity index is 3.15. The van der Waals surface area contributed by atoms with Crippen LogP contribution in [0.2, 0.25) is 0 Å². The van der Waals surface area contributed by atoms with Gasteiger partial charge in [0.2, 0.25) is 0 Å². The van der Waals surface area contributed by atoms with Crippen LogP contribution in [0.4, 0.5) is 0 Å². The van der Waals surface area contributed by atoms with Crippen molar-refractivity contribution in [1.29, 1.82) is 0 Å². The third-order valence-electron chi connectivity index (χ3n) is 2.53. The molecular weight excluding hydrogens is 170 g/mol. The summed E-state index contributed by atoms with van der Waals surface area (Å²) < 4.78 is 0. The lowest BCUT2D eigenvalue weighted by molar-refractivity contribution is 0.487. The van der Waals surface area contributed by atoms with E-state index in [1.165, 1.54) is 32.1 Å². The number of allylic oxidation sites excluding steroid dienone is 1. The third kappa shape index (κ3) is 9.79. The highest BCUT2D eigenvalue weighted by Crippen LogP contribution is 2.04. The van der Waals surface area contributed by atoms with E-state index < -0.39 is 0 Å². The van der Waals surface area contributed by atoms with Crippen molar-refractivity contribution in [1.82, 2.24) is 5.32 Å². The second kappa shape index (κ2) is 10.8. The van der Waals surface area contributed by atoms with Crippen LogP contribution < -0.4 is 5.32 Å². The first-order chi connectivity index (χ1) is 6.81. The van der Waals surface area contributed by atoms with E-state index in [0.29, 0.717) is 6.04 Å². The van der Waals surface area contributed by atoms with Crippen LogP contribution in [0.15, 0.2) is 12.2 Å². The molecule has 0 aromatic rings. The molecule has 0 aliphatic carbocycles. The molecule has 1 N–H and O–H groups in total. The van der Waals surface area contributed by atoms with Gasteiger partial charge in [0.25, 0.3) is 0 Å². The third-order valence-corrected chi connectivity index (χ3v) is 2.53. The Morgan fingerprint density at radius 3 is 2.64 bits per heavy atom. The van der Waals surface area contributed by atoms with E-state index in [4.69, 9.17) is 0 Å². The first kappa shape index (κ1) is 13.7. The maximum absolute atomic E-state index is 3.54. The fourth-order valence-electron chi connectivity index (χ4n) is 1.56. The Kier molecular flexibility index (Phi) is 10.5. The number of hydrogen-bond acceptors (Lipinski definition) is 1. The zero-order valence-corrected chi connectivity index (χ0v) is 10.2. The summed E-state index contributed by atoms with van der Waals surface area (Å²) in [6.07, 6.45) is 12.3. The minimum Gasteiger partial charge on any atom is -0.314 e. The molecule has 1 unspecified atom stereocenters. The summed E-state index contributed by atoms with van der Waals surface area (Å²) in [5, 5.41) is 3.54. The van der Waals surface area contributed by atoms with E-state index in [0.717, 1.165) is 13.0 Å². The maximum atomic E-state index is 3.54. The average Bonchev–Trinajstić information content (AvgIpc) is 2.19. The number of hydrogen-bond donors (Lipinski definition) is 1. The highest BCUT2D eigenvalue weighted by Gasteiger charge is 1.98. The van der Waals surface area contributed by atoms with Crippen molar-refractivity contribution in [3.63, 3.8) is 0 Å². The molecule has 14 heavy (non-hydrogen) atoms. The Hall–Kier alpha value is -0.300. The lowest BCUT2D eigenvalue weighted by Gasteiger charge is -2.12. The average molecular weight is 197 g/mol. The van der Waals surface area contributed by atoms with Gasteiger partial charge in [-0.25, -0.2) is 0 Å². The summed E-state index contributed by atoms with van der Waals surface area (Å²) >= 11 is 0. The second-order valence-electron chi connectivity index (χ2n) is 4.06. The molecule has 1 atom stereocenters. The van der Waals surface area contributed by atoms with Crippen LogP contribution in [-0.4, -0.2) is 12.6 Å². The Morgan fingerprint density at radius 2 is 2.00 bits per heavy atom. The maximum Gasteiger partial charge on any atom is 0.00388 e. The Morgan fingerprint density at radius 1 is 1.21 bits per heavy atom. The highest BCUT2D eigenvalue weighted by molar-refractivity contribution is 4.78. The lowest BCUT2D eigenvalue weighted by Crippen LogP contribution is -2.26. The van der Waals surface area contributed by atoms with E-state index in [2.05, 4.69) is 38.2 Å². The van der Waals surface area contributed by atoms with Crippen molar-refractivity contribution < 1.29 is 0 Å². The molecule has 0 saturated heterocycles. The van der Waals surface area contributed by atoms with Gasteiger partial charge in [-0.2, -0.15) is 0 Å². The zero-order valence-electron chi connectivity index (χ0n) is 10.2. The Labute approximate surface area is 90.0 Å². The van der Waals surface area contributed by atoms with E-state index in [-0.39, 0.29) is 0 Å². The largest absolute Gasteiger partial charge is 0.314 e. The smallest absolute Gasteiger partial charge is 0.00388 e. The molecule has 1 nitrogen and oxygen atoms in total. The van der Waals surface area contributed by atoms with Crippen molar-refractivity contribution in [2.75, 3.05) is 6.54 Å². The SMILES string of the molecule is C/C=C/CCNC(C)CCCCCC. The zero-order chi connectivity index (χ0) is 10.6. The molecule has 0 aliphatic rings. The molecule has 1 heteroatoms. The predicted molar refractivity (Wildman–Crippen MR) is 65.7 cm³/mol. The van der Waals surface area contributed by atoms with Crippen LogP contribution in [-0.2, 0) is 0 Å². The molecule has 0 fully saturated rings. The molecule has 0 aromatic carbocycles. The van der Waals surface area contributed by atoms with Gasteiger partial charge in [-0.05, 0) is 33.2 Å². The molecule has 0 rings (SSSR count). The minimum absolute atomic E-state index is 0.692. The standard InChI is InChI=1S/C13H27N/c1-4-6-8-9-11-13(3)14-12-10-7-5-2/h5,7,13-14H,4,6,8-12H2,1-3H3/b7-5+. The fraction of sp³-hybridized carbons (Fsp3) is 0.846. The summed E-state index contributed by atoms with van der Waals surface area (Å²) in [4.78, 5) is 0. The normalized spacial score (nSPS) is 13.6. The van der Waals surface area contributed by atoms with Gasteiger partial charge in [-0.15, -0.1) is 0 Å². The van der Waals surface area contributed by atoms with E-state index in [9.17, 15) is 0 Å². The summed E-state index contributed by atoms with van der Waals surface area (Å²) in [6, 6.07) is 0.692. The molecule has 0 aliphatic heterocycles.